The monoisotopic (exact) mass is 338 g/mol. The molecule has 0 radical (unpaired) electrons. The Morgan fingerprint density at radius 2 is 1.95 bits per heavy atom. The molecule has 2 aliphatic rings. The quantitative estimate of drug-likeness (QED) is 0.561. The highest BCUT2D eigenvalue weighted by molar-refractivity contribution is 7.86. The van der Waals surface area contributed by atoms with Crippen molar-refractivity contribution in [2.24, 2.45) is 0 Å². The molecule has 2 fully saturated rings. The van der Waals surface area contributed by atoms with E-state index in [4.69, 9.17) is 18.4 Å². The second-order valence-electron chi connectivity index (χ2n) is 6.14. The summed E-state index contributed by atoms with van der Waals surface area (Å²) >= 11 is 0. The molecule has 1 aliphatic carbocycles. The maximum absolute atomic E-state index is 12.0. The highest BCUT2D eigenvalue weighted by Crippen LogP contribution is 2.42. The van der Waals surface area contributed by atoms with E-state index < -0.39 is 45.8 Å². The summed E-state index contributed by atoms with van der Waals surface area (Å²) in [4.78, 5) is 12.0. The van der Waals surface area contributed by atoms with Crippen molar-refractivity contribution in [3.63, 3.8) is 0 Å². The SMILES string of the molecule is CCOC(=O)[C@]1(O)C[C@@H]2OC(C)(C)O[C@@H]2[C@H](OS(C)(=O)=O)C1. The summed E-state index contributed by atoms with van der Waals surface area (Å²) in [5.74, 6) is -1.77. The lowest BCUT2D eigenvalue weighted by atomic mass is 9.80. The van der Waals surface area contributed by atoms with Gasteiger partial charge in [0.05, 0.1) is 19.0 Å². The summed E-state index contributed by atoms with van der Waals surface area (Å²) < 4.78 is 44.1. The van der Waals surface area contributed by atoms with Gasteiger partial charge in [0, 0.05) is 12.8 Å². The summed E-state index contributed by atoms with van der Waals surface area (Å²) in [5.41, 5.74) is -1.86. The molecule has 1 N–H and O–H groups in total. The molecule has 0 aromatic heterocycles. The summed E-state index contributed by atoms with van der Waals surface area (Å²) in [6.45, 7) is 5.07. The van der Waals surface area contributed by atoms with E-state index in [2.05, 4.69) is 0 Å². The van der Waals surface area contributed by atoms with Crippen LogP contribution in [0.15, 0.2) is 0 Å². The third kappa shape index (κ3) is 3.77. The zero-order chi connectivity index (χ0) is 16.8. The number of fused-ring (bicyclic) bond motifs is 1. The predicted octanol–water partition coefficient (Wildman–Crippen LogP) is -0.0607. The van der Waals surface area contributed by atoms with E-state index in [1.54, 1.807) is 20.8 Å². The molecule has 2 rings (SSSR count). The standard InChI is InChI=1S/C13H22O8S/c1-5-18-11(14)13(15)6-8-10(20-12(2,3)19-8)9(7-13)21-22(4,16)17/h8-10,15H,5-7H2,1-4H3/t8-,9+,10-,13-/m0/s1. The van der Waals surface area contributed by atoms with E-state index in [0.717, 1.165) is 6.26 Å². The molecule has 1 saturated heterocycles. The van der Waals surface area contributed by atoms with Gasteiger partial charge in [-0.15, -0.1) is 0 Å². The Morgan fingerprint density at radius 3 is 2.50 bits per heavy atom. The number of rotatable bonds is 4. The number of aliphatic hydroxyl groups is 1. The van der Waals surface area contributed by atoms with Gasteiger partial charge in [-0.2, -0.15) is 8.42 Å². The molecule has 1 saturated carbocycles. The van der Waals surface area contributed by atoms with Gasteiger partial charge in [-0.25, -0.2) is 4.79 Å². The Hall–Kier alpha value is -0.740. The van der Waals surface area contributed by atoms with Crippen LogP contribution >= 0.6 is 0 Å². The fourth-order valence-electron chi connectivity index (χ4n) is 2.95. The predicted molar refractivity (Wildman–Crippen MR) is 74.4 cm³/mol. The summed E-state index contributed by atoms with van der Waals surface area (Å²) in [7, 11) is -3.79. The fourth-order valence-corrected chi connectivity index (χ4v) is 3.57. The molecule has 0 bridgehead atoms. The molecule has 9 heteroatoms. The minimum atomic E-state index is -3.79. The molecular formula is C13H22O8S. The molecule has 0 unspecified atom stereocenters. The van der Waals surface area contributed by atoms with Gasteiger partial charge in [0.1, 0.15) is 12.2 Å². The number of ether oxygens (including phenoxy) is 3. The molecule has 0 aromatic carbocycles. The van der Waals surface area contributed by atoms with Crippen molar-refractivity contribution in [1.29, 1.82) is 0 Å². The van der Waals surface area contributed by atoms with Gasteiger partial charge in [-0.05, 0) is 20.8 Å². The maximum atomic E-state index is 12.0. The highest BCUT2D eigenvalue weighted by Gasteiger charge is 2.58. The maximum Gasteiger partial charge on any atom is 0.338 e. The molecule has 1 aliphatic heterocycles. The van der Waals surface area contributed by atoms with Gasteiger partial charge in [-0.3, -0.25) is 4.18 Å². The van der Waals surface area contributed by atoms with Crippen molar-refractivity contribution in [2.45, 2.75) is 63.3 Å². The van der Waals surface area contributed by atoms with Gasteiger partial charge in [0.25, 0.3) is 10.1 Å². The van der Waals surface area contributed by atoms with Crippen LogP contribution in [-0.4, -0.2) is 62.1 Å². The van der Waals surface area contributed by atoms with E-state index in [1.807, 2.05) is 0 Å². The van der Waals surface area contributed by atoms with Crippen LogP contribution < -0.4 is 0 Å². The van der Waals surface area contributed by atoms with Crippen molar-refractivity contribution >= 4 is 16.1 Å². The summed E-state index contributed by atoms with van der Waals surface area (Å²) in [5, 5.41) is 10.6. The molecule has 22 heavy (non-hydrogen) atoms. The summed E-state index contributed by atoms with van der Waals surface area (Å²) in [6.07, 6.45) is -1.74. The number of esters is 1. The van der Waals surface area contributed by atoms with Gasteiger partial charge < -0.3 is 19.3 Å². The first-order chi connectivity index (χ1) is 9.96. The molecule has 8 nitrogen and oxygen atoms in total. The largest absolute Gasteiger partial charge is 0.464 e. The third-order valence-corrected chi connectivity index (χ3v) is 4.22. The lowest BCUT2D eigenvalue weighted by molar-refractivity contribution is -0.179. The Bertz CT molecular complexity index is 542. The molecule has 4 atom stereocenters. The van der Waals surface area contributed by atoms with Gasteiger partial charge in [0.15, 0.2) is 11.4 Å². The first-order valence-electron chi connectivity index (χ1n) is 7.09. The molecule has 128 valence electrons. The lowest BCUT2D eigenvalue weighted by Gasteiger charge is -2.39. The molecule has 0 aromatic rings. The van der Waals surface area contributed by atoms with Crippen LogP contribution in [0.1, 0.15) is 33.6 Å². The fraction of sp³-hybridized carbons (Fsp3) is 0.923. The lowest BCUT2D eigenvalue weighted by Crippen LogP contribution is -2.56. The van der Waals surface area contributed by atoms with Crippen LogP contribution in [-0.2, 0) is 33.3 Å². The summed E-state index contributed by atoms with van der Waals surface area (Å²) in [6, 6.07) is 0. The van der Waals surface area contributed by atoms with Crippen LogP contribution in [0.4, 0.5) is 0 Å². The van der Waals surface area contributed by atoms with E-state index in [9.17, 15) is 18.3 Å². The zero-order valence-electron chi connectivity index (χ0n) is 13.1. The zero-order valence-corrected chi connectivity index (χ0v) is 13.9. The first-order valence-corrected chi connectivity index (χ1v) is 8.91. The average Bonchev–Trinajstić information content (AvgIpc) is 2.61. The molecule has 0 amide bonds. The van der Waals surface area contributed by atoms with Crippen LogP contribution in [0, 0.1) is 0 Å². The van der Waals surface area contributed by atoms with Crippen molar-refractivity contribution in [3.8, 4) is 0 Å². The van der Waals surface area contributed by atoms with Gasteiger partial charge >= 0.3 is 5.97 Å². The van der Waals surface area contributed by atoms with E-state index in [-0.39, 0.29) is 19.4 Å². The molecular weight excluding hydrogens is 316 g/mol. The van der Waals surface area contributed by atoms with E-state index >= 15 is 0 Å². The second-order valence-corrected chi connectivity index (χ2v) is 7.74. The average molecular weight is 338 g/mol. The molecule has 0 spiro atoms. The van der Waals surface area contributed by atoms with Gasteiger partial charge in [-0.1, -0.05) is 0 Å². The Balaban J connectivity index is 2.28. The Labute approximate surface area is 129 Å². The van der Waals surface area contributed by atoms with Crippen molar-refractivity contribution in [3.05, 3.63) is 0 Å². The third-order valence-electron chi connectivity index (χ3n) is 3.62. The normalized spacial score (nSPS) is 37.6. The van der Waals surface area contributed by atoms with Gasteiger partial charge in [0.2, 0.25) is 0 Å². The first kappa shape index (κ1) is 17.6. The van der Waals surface area contributed by atoms with Crippen LogP contribution in [0.3, 0.4) is 0 Å². The van der Waals surface area contributed by atoms with Crippen molar-refractivity contribution in [1.82, 2.24) is 0 Å². The van der Waals surface area contributed by atoms with Crippen molar-refractivity contribution < 1.29 is 36.7 Å². The van der Waals surface area contributed by atoms with Crippen molar-refractivity contribution in [2.75, 3.05) is 12.9 Å². The Kier molecular flexibility index (Phi) is 4.58. The number of carbonyl (C=O) groups is 1. The van der Waals surface area contributed by atoms with Crippen LogP contribution in [0.2, 0.25) is 0 Å². The number of carbonyl (C=O) groups excluding carboxylic acids is 1. The molecule has 1 heterocycles. The van der Waals surface area contributed by atoms with E-state index in [0.29, 0.717) is 0 Å². The number of hydrogen-bond acceptors (Lipinski definition) is 8. The minimum Gasteiger partial charge on any atom is -0.464 e. The van der Waals surface area contributed by atoms with Crippen LogP contribution in [0.5, 0.6) is 0 Å². The Morgan fingerprint density at radius 1 is 1.32 bits per heavy atom. The second kappa shape index (κ2) is 5.72. The van der Waals surface area contributed by atoms with Crippen LogP contribution in [0.25, 0.3) is 0 Å². The minimum absolute atomic E-state index is 0.0381. The topological polar surface area (TPSA) is 108 Å². The van der Waals surface area contributed by atoms with E-state index in [1.165, 1.54) is 0 Å². The highest BCUT2D eigenvalue weighted by atomic mass is 32.2. The number of hydrogen-bond donors (Lipinski definition) is 1. The smallest absolute Gasteiger partial charge is 0.338 e.